The fourth-order valence-corrected chi connectivity index (χ4v) is 3.47. The van der Waals surface area contributed by atoms with Crippen molar-refractivity contribution in [3.05, 3.63) is 11.9 Å². The maximum absolute atomic E-state index is 5.88. The molecule has 0 amide bonds. The van der Waals surface area contributed by atoms with E-state index in [0.29, 0.717) is 0 Å². The Morgan fingerprint density at radius 3 is 2.60 bits per heavy atom. The number of hydrogen-bond acceptors (Lipinski definition) is 5. The molecule has 6 heteroatoms. The summed E-state index contributed by atoms with van der Waals surface area (Å²) in [6, 6.07) is 0.196. The quantitative estimate of drug-likeness (QED) is 0.613. The standard InChI is InChI=1S/C14H28N6/c1-11-5-7-14(8-6-11,19(2)3)13(16-15)9-12-10-20(4)18-17-12/h10-11,13,16H,5-9,15H2,1-4H3. The van der Waals surface area contributed by atoms with Crippen LogP contribution in [-0.4, -0.2) is 45.6 Å². The van der Waals surface area contributed by atoms with E-state index < -0.39 is 0 Å². The van der Waals surface area contributed by atoms with Crippen molar-refractivity contribution >= 4 is 0 Å². The molecular weight excluding hydrogens is 252 g/mol. The zero-order chi connectivity index (χ0) is 14.8. The summed E-state index contributed by atoms with van der Waals surface area (Å²) in [5.74, 6) is 6.70. The van der Waals surface area contributed by atoms with Crippen molar-refractivity contribution in [1.29, 1.82) is 0 Å². The van der Waals surface area contributed by atoms with Crippen LogP contribution in [0.2, 0.25) is 0 Å². The minimum Gasteiger partial charge on any atom is -0.302 e. The molecule has 6 nitrogen and oxygen atoms in total. The summed E-state index contributed by atoms with van der Waals surface area (Å²) in [6.45, 7) is 2.34. The Morgan fingerprint density at radius 2 is 2.15 bits per heavy atom. The van der Waals surface area contributed by atoms with Crippen molar-refractivity contribution in [2.75, 3.05) is 14.1 Å². The number of hydrazine groups is 1. The summed E-state index contributed by atoms with van der Waals surface area (Å²) in [7, 11) is 6.22. The van der Waals surface area contributed by atoms with E-state index in [4.69, 9.17) is 5.84 Å². The molecular formula is C14H28N6. The highest BCUT2D eigenvalue weighted by atomic mass is 15.4. The van der Waals surface area contributed by atoms with Crippen LogP contribution in [0.1, 0.15) is 38.3 Å². The third-order valence-corrected chi connectivity index (χ3v) is 4.94. The topological polar surface area (TPSA) is 72.0 Å². The number of nitrogens with one attached hydrogen (secondary N) is 1. The van der Waals surface area contributed by atoms with Gasteiger partial charge in [-0.3, -0.25) is 16.0 Å². The summed E-state index contributed by atoms with van der Waals surface area (Å²) in [5.41, 5.74) is 4.15. The van der Waals surface area contributed by atoms with Crippen LogP contribution in [0.5, 0.6) is 0 Å². The van der Waals surface area contributed by atoms with Gasteiger partial charge in [0.25, 0.3) is 0 Å². The molecule has 0 saturated heterocycles. The molecule has 1 aromatic heterocycles. The Bertz CT molecular complexity index is 419. The molecule has 0 bridgehead atoms. The van der Waals surface area contributed by atoms with Gasteiger partial charge in [0.2, 0.25) is 0 Å². The van der Waals surface area contributed by atoms with Crippen molar-refractivity contribution < 1.29 is 0 Å². The van der Waals surface area contributed by atoms with Gasteiger partial charge in [-0.15, -0.1) is 5.10 Å². The van der Waals surface area contributed by atoms with Crippen LogP contribution >= 0.6 is 0 Å². The van der Waals surface area contributed by atoms with Gasteiger partial charge in [0.1, 0.15) is 0 Å². The number of likely N-dealkylation sites (N-methyl/N-ethyl adjacent to an activating group) is 1. The van der Waals surface area contributed by atoms with Gasteiger partial charge in [-0.1, -0.05) is 12.1 Å². The second-order valence-corrected chi connectivity index (χ2v) is 6.49. The van der Waals surface area contributed by atoms with E-state index in [2.05, 4.69) is 41.7 Å². The van der Waals surface area contributed by atoms with Crippen molar-refractivity contribution in [2.24, 2.45) is 18.8 Å². The molecule has 3 N–H and O–H groups in total. The number of aromatic nitrogens is 3. The zero-order valence-electron chi connectivity index (χ0n) is 13.1. The number of hydrogen-bond donors (Lipinski definition) is 2. The van der Waals surface area contributed by atoms with E-state index >= 15 is 0 Å². The van der Waals surface area contributed by atoms with E-state index in [-0.39, 0.29) is 11.6 Å². The second-order valence-electron chi connectivity index (χ2n) is 6.49. The third-order valence-electron chi connectivity index (χ3n) is 4.94. The van der Waals surface area contributed by atoms with Gasteiger partial charge in [-0.05, 0) is 45.7 Å². The van der Waals surface area contributed by atoms with Gasteiger partial charge >= 0.3 is 0 Å². The van der Waals surface area contributed by atoms with Crippen LogP contribution in [0.15, 0.2) is 6.20 Å². The molecule has 1 atom stereocenters. The Morgan fingerprint density at radius 1 is 1.50 bits per heavy atom. The monoisotopic (exact) mass is 280 g/mol. The predicted octanol–water partition coefficient (Wildman–Crippen LogP) is 0.700. The van der Waals surface area contributed by atoms with Gasteiger partial charge in [0.05, 0.1) is 5.69 Å². The number of rotatable bonds is 5. The van der Waals surface area contributed by atoms with Crippen LogP contribution in [0.25, 0.3) is 0 Å². The lowest BCUT2D eigenvalue weighted by atomic mass is 9.71. The molecule has 2 rings (SSSR count). The molecule has 20 heavy (non-hydrogen) atoms. The van der Waals surface area contributed by atoms with Crippen molar-refractivity contribution in [3.63, 3.8) is 0 Å². The van der Waals surface area contributed by atoms with Crippen LogP contribution in [-0.2, 0) is 13.5 Å². The SMILES string of the molecule is CC1CCC(C(Cc2cn(C)nn2)NN)(N(C)C)CC1. The summed E-state index contributed by atoms with van der Waals surface area (Å²) in [5, 5.41) is 8.22. The molecule has 0 radical (unpaired) electrons. The van der Waals surface area contributed by atoms with Crippen molar-refractivity contribution in [1.82, 2.24) is 25.3 Å². The lowest BCUT2D eigenvalue weighted by Crippen LogP contribution is -2.62. The summed E-state index contributed by atoms with van der Waals surface area (Å²) >= 11 is 0. The molecule has 114 valence electrons. The maximum Gasteiger partial charge on any atom is 0.0843 e. The predicted molar refractivity (Wildman–Crippen MR) is 79.9 cm³/mol. The van der Waals surface area contributed by atoms with E-state index in [1.54, 1.807) is 4.68 Å². The van der Waals surface area contributed by atoms with Gasteiger partial charge in [-0.25, -0.2) is 0 Å². The maximum atomic E-state index is 5.88. The molecule has 0 aliphatic heterocycles. The van der Waals surface area contributed by atoms with Crippen molar-refractivity contribution in [3.8, 4) is 0 Å². The largest absolute Gasteiger partial charge is 0.302 e. The zero-order valence-corrected chi connectivity index (χ0v) is 13.1. The summed E-state index contributed by atoms with van der Waals surface area (Å²) < 4.78 is 1.74. The van der Waals surface area contributed by atoms with E-state index in [9.17, 15) is 0 Å². The van der Waals surface area contributed by atoms with E-state index in [1.165, 1.54) is 25.7 Å². The molecule has 0 aromatic carbocycles. The van der Waals surface area contributed by atoms with Gasteiger partial charge in [0.15, 0.2) is 0 Å². The van der Waals surface area contributed by atoms with E-state index in [0.717, 1.165) is 18.0 Å². The number of aryl methyl sites for hydroxylation is 1. The average Bonchev–Trinajstić information content (AvgIpc) is 2.82. The van der Waals surface area contributed by atoms with Crippen molar-refractivity contribution in [2.45, 2.75) is 50.6 Å². The summed E-state index contributed by atoms with van der Waals surface area (Å²) in [6.07, 6.45) is 7.66. The fraction of sp³-hybridized carbons (Fsp3) is 0.857. The van der Waals surface area contributed by atoms with Crippen LogP contribution in [0.3, 0.4) is 0 Å². The minimum atomic E-state index is 0.110. The van der Waals surface area contributed by atoms with Gasteiger partial charge < -0.3 is 4.90 Å². The fourth-order valence-electron chi connectivity index (χ4n) is 3.47. The Balaban J connectivity index is 2.17. The van der Waals surface area contributed by atoms with Crippen LogP contribution in [0, 0.1) is 5.92 Å². The molecule has 1 saturated carbocycles. The second kappa shape index (κ2) is 6.20. The Hall–Kier alpha value is -0.980. The lowest BCUT2D eigenvalue weighted by molar-refractivity contribution is 0.0431. The lowest BCUT2D eigenvalue weighted by Gasteiger charge is -2.49. The van der Waals surface area contributed by atoms with Crippen LogP contribution < -0.4 is 11.3 Å². The van der Waals surface area contributed by atoms with Gasteiger partial charge in [0, 0.05) is 31.2 Å². The molecule has 1 heterocycles. The average molecular weight is 280 g/mol. The summed E-state index contributed by atoms with van der Waals surface area (Å²) in [4.78, 5) is 2.35. The van der Waals surface area contributed by atoms with E-state index in [1.807, 2.05) is 13.2 Å². The molecule has 1 aliphatic carbocycles. The number of nitrogens with zero attached hydrogens (tertiary/aromatic N) is 4. The highest BCUT2D eigenvalue weighted by Gasteiger charge is 2.42. The first-order valence-corrected chi connectivity index (χ1v) is 7.46. The smallest absolute Gasteiger partial charge is 0.0843 e. The molecule has 0 spiro atoms. The first kappa shape index (κ1) is 15.4. The van der Waals surface area contributed by atoms with Gasteiger partial charge in [-0.2, -0.15) is 0 Å². The normalized spacial score (nSPS) is 28.8. The molecule has 1 unspecified atom stereocenters. The first-order chi connectivity index (χ1) is 9.48. The Labute approximate surface area is 121 Å². The highest BCUT2D eigenvalue weighted by Crippen LogP contribution is 2.38. The van der Waals surface area contributed by atoms with Crippen LogP contribution in [0.4, 0.5) is 0 Å². The Kier molecular flexibility index (Phi) is 4.78. The molecule has 1 aromatic rings. The molecule has 1 fully saturated rings. The number of nitrogens with two attached hydrogens (primary N) is 1. The molecule has 1 aliphatic rings. The minimum absolute atomic E-state index is 0.110. The third kappa shape index (κ3) is 3.02. The first-order valence-electron chi connectivity index (χ1n) is 7.46. The highest BCUT2D eigenvalue weighted by molar-refractivity contribution is 5.06.